The van der Waals surface area contributed by atoms with Gasteiger partial charge in [-0.1, -0.05) is 25.0 Å². The van der Waals surface area contributed by atoms with Crippen molar-refractivity contribution in [2.24, 2.45) is 0 Å². The third kappa shape index (κ3) is 7.24. The van der Waals surface area contributed by atoms with Crippen molar-refractivity contribution in [1.29, 1.82) is 0 Å². The fraction of sp³-hybridized carbons (Fsp3) is 0.500. The Balaban J connectivity index is 2.08. The van der Waals surface area contributed by atoms with Crippen LogP contribution in [0.1, 0.15) is 25.7 Å². The van der Waals surface area contributed by atoms with Gasteiger partial charge in [0.15, 0.2) is 0 Å². The summed E-state index contributed by atoms with van der Waals surface area (Å²) in [6.07, 6.45) is 3.31. The van der Waals surface area contributed by atoms with E-state index in [0.29, 0.717) is 13.0 Å². The zero-order valence-electron chi connectivity index (χ0n) is 9.94. The van der Waals surface area contributed by atoms with Crippen molar-refractivity contribution in [2.45, 2.75) is 25.7 Å². The highest BCUT2D eigenvalue weighted by atomic mass is 79.9. The lowest BCUT2D eigenvalue weighted by Gasteiger charge is -2.07. The Labute approximate surface area is 121 Å². The molecule has 0 saturated carbocycles. The van der Waals surface area contributed by atoms with Crippen LogP contribution in [0.4, 0.5) is 0 Å². The van der Waals surface area contributed by atoms with Crippen LogP contribution in [0.5, 0.6) is 5.75 Å². The Hall–Kier alpha value is -0.260. The van der Waals surface area contributed by atoms with Gasteiger partial charge in [-0.05, 0) is 40.9 Å². The summed E-state index contributed by atoms with van der Waals surface area (Å²) < 4.78 is 27.9. The number of hydrogen-bond donors (Lipinski definition) is 0. The molecule has 0 bridgehead atoms. The second-order valence-electron chi connectivity index (χ2n) is 3.94. The van der Waals surface area contributed by atoms with Gasteiger partial charge in [-0.15, -0.1) is 0 Å². The first kappa shape index (κ1) is 15.8. The molecule has 1 rings (SSSR count). The fourth-order valence-corrected chi connectivity index (χ4v) is 2.75. The van der Waals surface area contributed by atoms with Crippen molar-refractivity contribution in [1.82, 2.24) is 0 Å². The third-order valence-corrected chi connectivity index (χ3v) is 4.27. The maximum Gasteiger partial charge on any atom is 0.232 e. The number of unbranched alkanes of at least 4 members (excludes halogenated alkanes) is 3. The van der Waals surface area contributed by atoms with Crippen LogP contribution in [0.15, 0.2) is 28.7 Å². The van der Waals surface area contributed by atoms with E-state index in [1.54, 1.807) is 0 Å². The molecule has 3 nitrogen and oxygen atoms in total. The maximum atomic E-state index is 10.7. The van der Waals surface area contributed by atoms with E-state index in [-0.39, 0.29) is 5.75 Å². The molecule has 18 heavy (non-hydrogen) atoms. The molecule has 6 heteroatoms. The van der Waals surface area contributed by atoms with Gasteiger partial charge in [-0.25, -0.2) is 8.42 Å². The summed E-state index contributed by atoms with van der Waals surface area (Å²) in [6.45, 7) is 0.635. The molecule has 0 spiro atoms. The van der Waals surface area contributed by atoms with Crippen LogP contribution < -0.4 is 4.74 Å². The lowest BCUT2D eigenvalue weighted by Crippen LogP contribution is -2.00. The van der Waals surface area contributed by atoms with Gasteiger partial charge in [0.05, 0.1) is 16.8 Å². The first-order valence-corrected chi connectivity index (χ1v) is 9.06. The van der Waals surface area contributed by atoms with E-state index < -0.39 is 9.05 Å². The standard InChI is InChI=1S/C12H16BrClO3S/c13-11-7-3-4-8-12(11)17-9-5-1-2-6-10-18(14,15)16/h3-4,7-8H,1-2,5-6,9-10H2. The van der Waals surface area contributed by atoms with Gasteiger partial charge in [0.25, 0.3) is 0 Å². The largest absolute Gasteiger partial charge is 0.492 e. The van der Waals surface area contributed by atoms with Crippen molar-refractivity contribution in [3.05, 3.63) is 28.7 Å². The number of halogens is 2. The zero-order valence-corrected chi connectivity index (χ0v) is 13.1. The molecule has 0 N–H and O–H groups in total. The van der Waals surface area contributed by atoms with Crippen LogP contribution in [0, 0.1) is 0 Å². The van der Waals surface area contributed by atoms with Gasteiger partial charge < -0.3 is 4.74 Å². The van der Waals surface area contributed by atoms with Gasteiger partial charge in [0.1, 0.15) is 5.75 Å². The van der Waals surface area contributed by atoms with Gasteiger partial charge in [-0.3, -0.25) is 0 Å². The summed E-state index contributed by atoms with van der Waals surface area (Å²) in [6, 6.07) is 7.69. The lowest BCUT2D eigenvalue weighted by atomic mass is 10.2. The highest BCUT2D eigenvalue weighted by Crippen LogP contribution is 2.23. The van der Waals surface area contributed by atoms with E-state index >= 15 is 0 Å². The van der Waals surface area contributed by atoms with E-state index in [4.69, 9.17) is 15.4 Å². The minimum atomic E-state index is -3.33. The molecule has 0 aliphatic rings. The van der Waals surface area contributed by atoms with Crippen molar-refractivity contribution in [3.63, 3.8) is 0 Å². The summed E-state index contributed by atoms with van der Waals surface area (Å²) in [5, 5.41) is 0. The molecular weight excluding hydrogens is 340 g/mol. The Bertz CT molecular complexity index is 462. The van der Waals surface area contributed by atoms with Crippen LogP contribution in [-0.2, 0) is 9.05 Å². The minimum Gasteiger partial charge on any atom is -0.492 e. The van der Waals surface area contributed by atoms with Crippen molar-refractivity contribution < 1.29 is 13.2 Å². The van der Waals surface area contributed by atoms with Crippen LogP contribution in [0.2, 0.25) is 0 Å². The molecular formula is C12H16BrClO3S. The van der Waals surface area contributed by atoms with E-state index in [9.17, 15) is 8.42 Å². The first-order valence-electron chi connectivity index (χ1n) is 5.79. The second-order valence-corrected chi connectivity index (χ2v) is 7.69. The summed E-state index contributed by atoms with van der Waals surface area (Å²) in [7, 11) is 1.78. The van der Waals surface area contributed by atoms with Gasteiger partial charge in [0, 0.05) is 10.7 Å². The maximum absolute atomic E-state index is 10.7. The Morgan fingerprint density at radius 3 is 2.44 bits per heavy atom. The molecule has 1 aromatic rings. The molecule has 0 radical (unpaired) electrons. The van der Waals surface area contributed by atoms with Crippen molar-refractivity contribution in [3.8, 4) is 5.75 Å². The van der Waals surface area contributed by atoms with Crippen LogP contribution in [-0.4, -0.2) is 20.8 Å². The number of ether oxygens (including phenoxy) is 1. The van der Waals surface area contributed by atoms with E-state index in [2.05, 4.69) is 15.9 Å². The summed E-state index contributed by atoms with van der Waals surface area (Å²) in [5.74, 6) is 0.889. The normalized spacial score (nSPS) is 11.4. The topological polar surface area (TPSA) is 43.4 Å². The molecule has 0 saturated heterocycles. The van der Waals surface area contributed by atoms with E-state index in [1.165, 1.54) is 0 Å². The quantitative estimate of drug-likeness (QED) is 0.524. The molecule has 0 aliphatic heterocycles. The fourth-order valence-electron chi connectivity index (χ4n) is 1.47. The lowest BCUT2D eigenvalue weighted by molar-refractivity contribution is 0.303. The molecule has 0 fully saturated rings. The summed E-state index contributed by atoms with van der Waals surface area (Å²) in [5.41, 5.74) is 0. The predicted molar refractivity (Wildman–Crippen MR) is 77.7 cm³/mol. The SMILES string of the molecule is O=S(=O)(Cl)CCCCCCOc1ccccc1Br. The highest BCUT2D eigenvalue weighted by molar-refractivity contribution is 9.10. The smallest absolute Gasteiger partial charge is 0.232 e. The minimum absolute atomic E-state index is 0.0552. The number of hydrogen-bond acceptors (Lipinski definition) is 3. The number of benzene rings is 1. The van der Waals surface area contributed by atoms with Crippen molar-refractivity contribution >= 4 is 35.7 Å². The van der Waals surface area contributed by atoms with Crippen LogP contribution in [0.25, 0.3) is 0 Å². The molecule has 0 heterocycles. The molecule has 0 aliphatic carbocycles. The number of para-hydroxylation sites is 1. The third-order valence-electron chi connectivity index (χ3n) is 2.38. The summed E-state index contributed by atoms with van der Waals surface area (Å²) in [4.78, 5) is 0. The van der Waals surface area contributed by atoms with Gasteiger partial charge in [0.2, 0.25) is 9.05 Å². The summed E-state index contributed by atoms with van der Waals surface area (Å²) >= 11 is 3.41. The Morgan fingerprint density at radius 2 is 1.78 bits per heavy atom. The average molecular weight is 356 g/mol. The number of rotatable bonds is 8. The highest BCUT2D eigenvalue weighted by Gasteiger charge is 2.04. The Kier molecular flexibility index (Phi) is 7.04. The van der Waals surface area contributed by atoms with Crippen molar-refractivity contribution in [2.75, 3.05) is 12.4 Å². The van der Waals surface area contributed by atoms with Gasteiger partial charge in [-0.2, -0.15) is 0 Å². The van der Waals surface area contributed by atoms with Gasteiger partial charge >= 0.3 is 0 Å². The second kappa shape index (κ2) is 8.02. The molecule has 1 aromatic carbocycles. The molecule has 0 atom stereocenters. The molecule has 0 unspecified atom stereocenters. The van der Waals surface area contributed by atoms with Crippen LogP contribution in [0.3, 0.4) is 0 Å². The molecule has 0 amide bonds. The molecule has 102 valence electrons. The monoisotopic (exact) mass is 354 g/mol. The zero-order chi connectivity index (χ0) is 13.4. The predicted octanol–water partition coefficient (Wildman–Crippen LogP) is 3.96. The van der Waals surface area contributed by atoms with E-state index in [0.717, 1.165) is 29.5 Å². The first-order chi connectivity index (χ1) is 8.49. The molecule has 0 aromatic heterocycles. The van der Waals surface area contributed by atoms with Crippen LogP contribution >= 0.6 is 26.6 Å². The van der Waals surface area contributed by atoms with E-state index in [1.807, 2.05) is 24.3 Å². The Morgan fingerprint density at radius 1 is 1.11 bits per heavy atom. The average Bonchev–Trinajstić information content (AvgIpc) is 2.28.